The summed E-state index contributed by atoms with van der Waals surface area (Å²) in [6.07, 6.45) is 3.53. The molecule has 1 aliphatic heterocycles. The van der Waals surface area contributed by atoms with Crippen molar-refractivity contribution in [2.24, 2.45) is 0 Å². The highest BCUT2D eigenvalue weighted by Crippen LogP contribution is 2.43. The zero-order valence-electron chi connectivity index (χ0n) is 15.6. The Kier molecular flexibility index (Phi) is 4.85. The van der Waals surface area contributed by atoms with Crippen molar-refractivity contribution in [3.05, 3.63) is 48.9 Å². The summed E-state index contributed by atoms with van der Waals surface area (Å²) in [5.74, 6) is 0.875. The average Bonchev–Trinajstić information content (AvgIpc) is 3.22. The van der Waals surface area contributed by atoms with E-state index in [0.717, 1.165) is 18.4 Å². The highest BCUT2D eigenvalue weighted by molar-refractivity contribution is 5.70. The molecule has 0 saturated carbocycles. The van der Waals surface area contributed by atoms with Crippen LogP contribution in [0.25, 0.3) is 11.5 Å². The van der Waals surface area contributed by atoms with Crippen LogP contribution in [-0.2, 0) is 10.3 Å². The third kappa shape index (κ3) is 3.49. The summed E-state index contributed by atoms with van der Waals surface area (Å²) in [5, 5.41) is 8.48. The van der Waals surface area contributed by atoms with Gasteiger partial charge in [-0.05, 0) is 52.2 Å². The molecule has 1 aliphatic rings. The number of ether oxygens (including phenoxy) is 1. The molecule has 0 aliphatic carbocycles. The van der Waals surface area contributed by atoms with Gasteiger partial charge in [0.05, 0.1) is 0 Å². The lowest BCUT2D eigenvalue weighted by molar-refractivity contribution is 0.00220. The lowest BCUT2D eigenvalue weighted by Gasteiger charge is -2.35. The van der Waals surface area contributed by atoms with Gasteiger partial charge in [0.25, 0.3) is 0 Å². The molecule has 2 heterocycles. The van der Waals surface area contributed by atoms with Crippen LogP contribution >= 0.6 is 0 Å². The molecule has 0 unspecified atom stereocenters. The Hall–Kier alpha value is -2.63. The Morgan fingerprint density at radius 3 is 2.73 bits per heavy atom. The molecule has 3 rings (SSSR count). The summed E-state index contributed by atoms with van der Waals surface area (Å²) in [4.78, 5) is 14.5. The minimum atomic E-state index is -0.704. The van der Waals surface area contributed by atoms with Crippen LogP contribution in [0.3, 0.4) is 0 Å². The van der Waals surface area contributed by atoms with Crippen molar-refractivity contribution in [3.8, 4) is 11.5 Å². The highest BCUT2D eigenvalue weighted by atomic mass is 16.6. The quantitative estimate of drug-likeness (QED) is 0.753. The fraction of sp³-hybridized carbons (Fsp3) is 0.450. The van der Waals surface area contributed by atoms with Gasteiger partial charge in [-0.15, -0.1) is 16.8 Å². The first-order valence-electron chi connectivity index (χ1n) is 8.87. The molecular weight excluding hydrogens is 330 g/mol. The number of hydrogen-bond donors (Lipinski definition) is 0. The van der Waals surface area contributed by atoms with Gasteiger partial charge in [-0.2, -0.15) is 0 Å². The van der Waals surface area contributed by atoms with E-state index in [1.54, 1.807) is 11.0 Å². The summed E-state index contributed by atoms with van der Waals surface area (Å²) in [5.41, 5.74) is -0.421. The Labute approximate surface area is 153 Å². The maximum absolute atomic E-state index is 12.8. The molecule has 138 valence electrons. The Bertz CT molecular complexity index is 779. The monoisotopic (exact) mass is 355 g/mol. The van der Waals surface area contributed by atoms with E-state index in [0.29, 0.717) is 24.7 Å². The topological polar surface area (TPSA) is 68.5 Å². The number of carbonyl (C=O) groups excluding carboxylic acids is 1. The Morgan fingerprint density at radius 1 is 1.35 bits per heavy atom. The number of aromatic nitrogens is 2. The van der Waals surface area contributed by atoms with E-state index in [9.17, 15) is 4.79 Å². The van der Waals surface area contributed by atoms with Gasteiger partial charge in [0.2, 0.25) is 11.8 Å². The number of hydrogen-bond acceptors (Lipinski definition) is 5. The third-order valence-electron chi connectivity index (χ3n) is 4.43. The molecule has 26 heavy (non-hydrogen) atoms. The van der Waals surface area contributed by atoms with Gasteiger partial charge >= 0.3 is 6.09 Å². The predicted molar refractivity (Wildman–Crippen MR) is 98.4 cm³/mol. The van der Waals surface area contributed by atoms with Gasteiger partial charge in [-0.1, -0.05) is 24.3 Å². The normalized spacial score (nSPS) is 20.2. The molecule has 1 amide bonds. The van der Waals surface area contributed by atoms with E-state index < -0.39 is 11.1 Å². The predicted octanol–water partition coefficient (Wildman–Crippen LogP) is 4.54. The second-order valence-corrected chi connectivity index (χ2v) is 7.54. The van der Waals surface area contributed by atoms with E-state index in [-0.39, 0.29) is 6.09 Å². The van der Waals surface area contributed by atoms with Gasteiger partial charge in [0.1, 0.15) is 11.1 Å². The first-order valence-corrected chi connectivity index (χ1v) is 8.87. The van der Waals surface area contributed by atoms with Crippen LogP contribution in [-0.4, -0.2) is 33.3 Å². The Morgan fingerprint density at radius 2 is 2.08 bits per heavy atom. The standard InChI is InChI=1S/C20H25N3O3/c1-5-12-20(13-9-14-23(20)18(24)26-19(2,3)4)17-22-21-16(25-17)15-10-7-6-8-11-15/h5-8,10-11H,1,9,12-14H2,2-4H3/t20-/m1/s1. The van der Waals surface area contributed by atoms with Gasteiger partial charge in [-0.25, -0.2) is 4.79 Å². The SMILES string of the molecule is C=CC[C@]1(c2nnc(-c3ccccc3)o2)CCCN1C(=O)OC(C)(C)C. The van der Waals surface area contributed by atoms with Crippen LogP contribution < -0.4 is 0 Å². The second-order valence-electron chi connectivity index (χ2n) is 7.54. The highest BCUT2D eigenvalue weighted by Gasteiger charge is 2.49. The maximum atomic E-state index is 12.8. The number of benzene rings is 1. The van der Waals surface area contributed by atoms with Gasteiger partial charge in [-0.3, -0.25) is 4.90 Å². The first-order chi connectivity index (χ1) is 12.4. The van der Waals surface area contributed by atoms with Crippen molar-refractivity contribution in [2.45, 2.75) is 51.2 Å². The molecule has 0 spiro atoms. The van der Waals surface area contributed by atoms with Crippen LogP contribution in [0.4, 0.5) is 4.79 Å². The minimum Gasteiger partial charge on any atom is -0.444 e. The van der Waals surface area contributed by atoms with Crippen LogP contribution in [0.2, 0.25) is 0 Å². The first kappa shape index (κ1) is 18.2. The second kappa shape index (κ2) is 6.94. The average molecular weight is 355 g/mol. The Balaban J connectivity index is 1.96. The molecule has 1 aromatic heterocycles. The summed E-state index contributed by atoms with van der Waals surface area (Å²) in [6, 6.07) is 9.60. The summed E-state index contributed by atoms with van der Waals surface area (Å²) >= 11 is 0. The van der Waals surface area contributed by atoms with Crippen molar-refractivity contribution in [3.63, 3.8) is 0 Å². The van der Waals surface area contributed by atoms with E-state index in [4.69, 9.17) is 9.15 Å². The molecule has 1 atom stereocenters. The number of nitrogens with zero attached hydrogens (tertiary/aromatic N) is 3. The molecule has 0 N–H and O–H groups in total. The molecule has 6 heteroatoms. The number of carbonyl (C=O) groups is 1. The molecule has 2 aromatic rings. The lowest BCUT2D eigenvalue weighted by Crippen LogP contribution is -2.47. The molecule has 1 saturated heterocycles. The van der Waals surface area contributed by atoms with Gasteiger partial charge in [0.15, 0.2) is 0 Å². The number of rotatable bonds is 4. The fourth-order valence-electron chi connectivity index (χ4n) is 3.33. The van der Waals surface area contributed by atoms with Crippen LogP contribution in [0.5, 0.6) is 0 Å². The van der Waals surface area contributed by atoms with Crippen molar-refractivity contribution in [1.29, 1.82) is 0 Å². The van der Waals surface area contributed by atoms with Crippen LogP contribution in [0.15, 0.2) is 47.4 Å². The summed E-state index contributed by atoms with van der Waals surface area (Å²) in [6.45, 7) is 10.0. The molecular formula is C20H25N3O3. The van der Waals surface area contributed by atoms with Crippen LogP contribution in [0, 0.1) is 0 Å². The van der Waals surface area contributed by atoms with Crippen molar-refractivity contribution < 1.29 is 13.9 Å². The number of likely N-dealkylation sites (tertiary alicyclic amines) is 1. The van der Waals surface area contributed by atoms with Gasteiger partial charge in [0, 0.05) is 12.1 Å². The van der Waals surface area contributed by atoms with E-state index in [1.165, 1.54) is 0 Å². The van der Waals surface area contributed by atoms with Crippen LogP contribution in [0.1, 0.15) is 45.9 Å². The summed E-state index contributed by atoms with van der Waals surface area (Å²) < 4.78 is 11.6. The zero-order valence-corrected chi connectivity index (χ0v) is 15.6. The molecule has 0 bridgehead atoms. The zero-order chi connectivity index (χ0) is 18.8. The van der Waals surface area contributed by atoms with Crippen molar-refractivity contribution >= 4 is 6.09 Å². The smallest absolute Gasteiger partial charge is 0.411 e. The van der Waals surface area contributed by atoms with Gasteiger partial charge < -0.3 is 9.15 Å². The third-order valence-corrected chi connectivity index (χ3v) is 4.43. The van der Waals surface area contributed by atoms with E-state index in [2.05, 4.69) is 16.8 Å². The molecule has 1 aromatic carbocycles. The molecule has 6 nitrogen and oxygen atoms in total. The minimum absolute atomic E-state index is 0.365. The van der Waals surface area contributed by atoms with Crippen molar-refractivity contribution in [2.75, 3.05) is 6.54 Å². The lowest BCUT2D eigenvalue weighted by atomic mass is 9.92. The maximum Gasteiger partial charge on any atom is 0.411 e. The van der Waals surface area contributed by atoms with E-state index >= 15 is 0 Å². The molecule has 0 radical (unpaired) electrons. The fourth-order valence-corrected chi connectivity index (χ4v) is 3.33. The van der Waals surface area contributed by atoms with E-state index in [1.807, 2.05) is 51.1 Å². The number of amides is 1. The largest absolute Gasteiger partial charge is 0.444 e. The molecule has 1 fully saturated rings. The summed E-state index contributed by atoms with van der Waals surface area (Å²) in [7, 11) is 0. The van der Waals surface area contributed by atoms with Crippen molar-refractivity contribution in [1.82, 2.24) is 15.1 Å².